The van der Waals surface area contributed by atoms with Crippen LogP contribution in [-0.2, 0) is 22.7 Å². The van der Waals surface area contributed by atoms with Crippen LogP contribution in [0.5, 0.6) is 0 Å². The quantitative estimate of drug-likeness (QED) is 0.0221. The third-order valence-electron chi connectivity index (χ3n) is 8.03. The number of hydrogen-bond acceptors (Lipinski definition) is 8. The molecule has 1 atom stereocenters. The van der Waals surface area contributed by atoms with Crippen LogP contribution in [0.3, 0.4) is 0 Å². The number of nitrogens with zero attached hydrogens (tertiary/aromatic N) is 2. The molecule has 0 radical (unpaired) electrons. The summed E-state index contributed by atoms with van der Waals surface area (Å²) in [6.07, 6.45) is 6.99. The van der Waals surface area contributed by atoms with E-state index in [9.17, 15) is 39.3 Å². The maximum Gasteiger partial charge on any atom is 0.488 e. The Labute approximate surface area is 335 Å². The molecule has 0 saturated carbocycles. The van der Waals surface area contributed by atoms with Crippen molar-refractivity contribution < 1.29 is 82.4 Å². The van der Waals surface area contributed by atoms with E-state index in [2.05, 4.69) is 27.8 Å². The van der Waals surface area contributed by atoms with Crippen molar-refractivity contribution in [3.05, 3.63) is 132 Å². The molecule has 4 aromatic rings. The van der Waals surface area contributed by atoms with Crippen molar-refractivity contribution in [2.75, 3.05) is 19.6 Å². The van der Waals surface area contributed by atoms with Gasteiger partial charge in [0.2, 0.25) is 11.8 Å². The van der Waals surface area contributed by atoms with Crippen molar-refractivity contribution in [2.45, 2.75) is 32.5 Å². The Bertz CT molecular complexity index is 1920. The molecule has 54 heavy (non-hydrogen) atoms. The number of benzene rings is 2. The Kier molecular flexibility index (Phi) is 18.9. The van der Waals surface area contributed by atoms with Gasteiger partial charge in [0.25, 0.3) is 11.8 Å². The van der Waals surface area contributed by atoms with Gasteiger partial charge in [0, 0.05) is 48.5 Å². The van der Waals surface area contributed by atoms with Gasteiger partial charge < -0.3 is 75.3 Å². The van der Waals surface area contributed by atoms with Gasteiger partial charge in [-0.15, -0.1) is 0 Å². The second-order valence-electron chi connectivity index (χ2n) is 12.1. The minimum Gasteiger partial charge on any atom is -1.00 e. The number of nitrogens with one attached hydrogen (secondary N) is 4. The molecule has 0 aliphatic heterocycles. The van der Waals surface area contributed by atoms with Gasteiger partial charge in [-0.3, -0.25) is 19.2 Å². The van der Waals surface area contributed by atoms with Gasteiger partial charge >= 0.3 is 14.2 Å². The molecule has 14 nitrogen and oxygen atoms in total. The highest BCUT2D eigenvalue weighted by Crippen LogP contribution is 2.03. The van der Waals surface area contributed by atoms with Crippen molar-refractivity contribution in [3.63, 3.8) is 0 Å². The Balaban J connectivity index is 0.00000504. The van der Waals surface area contributed by atoms with Crippen molar-refractivity contribution in [2.24, 2.45) is 0 Å². The Morgan fingerprint density at radius 3 is 1.67 bits per heavy atom. The fraction of sp³-hybridized carbons (Fsp3) is 0.222. The van der Waals surface area contributed by atoms with Crippen LogP contribution in [0.1, 0.15) is 45.2 Å². The van der Waals surface area contributed by atoms with Gasteiger partial charge in [0.15, 0.2) is 37.9 Å². The molecule has 0 aliphatic rings. The molecule has 2 aromatic carbocycles. The zero-order valence-electron chi connectivity index (χ0n) is 29.5. The van der Waals surface area contributed by atoms with Gasteiger partial charge in [-0.25, -0.2) is 0 Å². The highest BCUT2D eigenvalue weighted by atomic mass is 79.9. The van der Waals surface area contributed by atoms with E-state index in [-0.39, 0.29) is 83.7 Å². The van der Waals surface area contributed by atoms with Crippen LogP contribution in [0.4, 0.5) is 0 Å². The Morgan fingerprint density at radius 2 is 1.17 bits per heavy atom. The SMILES string of the molecule is C=C(C)C(=O)NCCCNC(=O)C(CNC(=O)c1ccc[n+](Cc2ccccc2B(O)O)c1)NC(=O)c1ccc[n+](Cc2ccccc2B(O)O)c1.[Br-].[Br-]. The van der Waals surface area contributed by atoms with E-state index >= 15 is 0 Å². The normalized spacial score (nSPS) is 10.8. The Morgan fingerprint density at radius 1 is 0.685 bits per heavy atom. The second kappa shape index (κ2) is 22.5. The summed E-state index contributed by atoms with van der Waals surface area (Å²) in [5, 5.41) is 49.8. The molecule has 2 aromatic heterocycles. The number of hydrogen-bond donors (Lipinski definition) is 8. The number of pyridine rings is 2. The topological polar surface area (TPSA) is 205 Å². The number of amides is 4. The van der Waals surface area contributed by atoms with Crippen LogP contribution in [-0.4, -0.2) is 83.6 Å². The van der Waals surface area contributed by atoms with Crippen molar-refractivity contribution in [1.82, 2.24) is 21.3 Å². The van der Waals surface area contributed by atoms with E-state index < -0.39 is 38.0 Å². The number of carbonyl (C=O) groups is 4. The van der Waals surface area contributed by atoms with E-state index in [1.807, 2.05) is 0 Å². The average Bonchev–Trinajstić information content (AvgIpc) is 3.13. The van der Waals surface area contributed by atoms with E-state index in [0.29, 0.717) is 34.0 Å². The zero-order chi connectivity index (χ0) is 37.6. The molecule has 4 amide bonds. The van der Waals surface area contributed by atoms with Crippen LogP contribution in [0, 0.1) is 0 Å². The molecule has 1 unspecified atom stereocenters. The van der Waals surface area contributed by atoms with Crippen LogP contribution in [0.2, 0.25) is 0 Å². The number of rotatable bonds is 17. The molecule has 4 rings (SSSR count). The zero-order valence-corrected chi connectivity index (χ0v) is 32.7. The lowest BCUT2D eigenvalue weighted by Crippen LogP contribution is -3.00. The molecular weight excluding hydrogens is 826 g/mol. The third-order valence-corrected chi connectivity index (χ3v) is 8.03. The van der Waals surface area contributed by atoms with Crippen LogP contribution >= 0.6 is 0 Å². The van der Waals surface area contributed by atoms with E-state index in [0.717, 1.165) is 0 Å². The fourth-order valence-corrected chi connectivity index (χ4v) is 5.29. The summed E-state index contributed by atoms with van der Waals surface area (Å²) >= 11 is 0. The summed E-state index contributed by atoms with van der Waals surface area (Å²) in [6.45, 7) is 5.87. The number of carbonyl (C=O) groups excluding carboxylic acids is 4. The monoisotopic (exact) mass is 866 g/mol. The molecule has 0 aliphatic carbocycles. The van der Waals surface area contributed by atoms with E-state index in [1.54, 1.807) is 114 Å². The summed E-state index contributed by atoms with van der Waals surface area (Å²) < 4.78 is 3.40. The lowest BCUT2D eigenvalue weighted by molar-refractivity contribution is -0.688. The first-order chi connectivity index (χ1) is 24.9. The summed E-state index contributed by atoms with van der Waals surface area (Å²) in [5.74, 6) is -1.96. The van der Waals surface area contributed by atoms with Crippen molar-refractivity contribution >= 4 is 48.8 Å². The molecule has 8 N–H and O–H groups in total. The fourth-order valence-electron chi connectivity index (χ4n) is 5.29. The van der Waals surface area contributed by atoms with Crippen LogP contribution in [0.15, 0.2) is 110 Å². The predicted molar refractivity (Wildman–Crippen MR) is 193 cm³/mol. The molecular formula is C36H42B2Br2N6O8. The molecule has 18 heteroatoms. The number of aromatic nitrogens is 2. The van der Waals surface area contributed by atoms with E-state index in [4.69, 9.17) is 0 Å². The maximum atomic E-state index is 13.5. The molecule has 284 valence electrons. The van der Waals surface area contributed by atoms with Crippen LogP contribution < -0.4 is 75.3 Å². The summed E-state index contributed by atoms with van der Waals surface area (Å²) in [5.41, 5.74) is 2.79. The standard InChI is InChI=1S/C36H40B2N6O8.2BrH/c1-25(2)33(45)39-16-9-17-40-36(48)32(42-35(47)29-13-8-19-44(24-29)22-27-11-4-6-15-31(27)38(51)52)20-41-34(46)28-12-7-18-43(23-28)21-26-10-3-5-14-30(26)37(49)50;;/h3-8,10-15,18-19,23-24,32,49-52H,1,9,16-17,20-22H2,2H3,(H2-2,39,40,41,42,45,46,47,48);2*1H. The van der Waals surface area contributed by atoms with E-state index in [1.165, 1.54) is 0 Å². The van der Waals surface area contributed by atoms with Gasteiger partial charge in [0.1, 0.15) is 17.2 Å². The van der Waals surface area contributed by atoms with Crippen molar-refractivity contribution in [3.8, 4) is 0 Å². The minimum atomic E-state index is -1.67. The maximum absolute atomic E-state index is 13.5. The molecule has 0 fully saturated rings. The first kappa shape index (κ1) is 45.4. The molecule has 0 spiro atoms. The first-order valence-electron chi connectivity index (χ1n) is 16.6. The van der Waals surface area contributed by atoms with Gasteiger partial charge in [-0.2, -0.15) is 9.13 Å². The van der Waals surface area contributed by atoms with Gasteiger partial charge in [-0.05, 0) is 36.4 Å². The lowest BCUT2D eigenvalue weighted by Gasteiger charge is -2.19. The van der Waals surface area contributed by atoms with Crippen LogP contribution in [0.25, 0.3) is 0 Å². The Hall–Kier alpha value is -4.71. The highest BCUT2D eigenvalue weighted by molar-refractivity contribution is 6.59. The highest BCUT2D eigenvalue weighted by Gasteiger charge is 2.25. The summed E-state index contributed by atoms with van der Waals surface area (Å²) in [6, 6.07) is 18.9. The smallest absolute Gasteiger partial charge is 0.488 e. The minimum absolute atomic E-state index is 0. The number of halogens is 2. The summed E-state index contributed by atoms with van der Waals surface area (Å²) in [7, 11) is -3.33. The lowest BCUT2D eigenvalue weighted by atomic mass is 9.77. The third kappa shape index (κ3) is 13.6. The first-order valence-corrected chi connectivity index (χ1v) is 16.6. The average molecular weight is 868 g/mol. The molecule has 2 heterocycles. The summed E-state index contributed by atoms with van der Waals surface area (Å²) in [4.78, 5) is 51.9. The molecule has 0 bridgehead atoms. The predicted octanol–water partition coefficient (Wildman–Crippen LogP) is -8.55. The van der Waals surface area contributed by atoms with Crippen molar-refractivity contribution in [1.29, 1.82) is 0 Å². The molecule has 0 saturated heterocycles. The van der Waals surface area contributed by atoms with Gasteiger partial charge in [0.05, 0.1) is 0 Å². The van der Waals surface area contributed by atoms with Gasteiger partial charge in [-0.1, -0.05) is 55.1 Å². The largest absolute Gasteiger partial charge is 1.00 e. The second-order valence-corrected chi connectivity index (χ2v) is 12.1.